The molecule has 0 bridgehead atoms. The zero-order valence-corrected chi connectivity index (χ0v) is 8.63. The van der Waals surface area contributed by atoms with Gasteiger partial charge in [-0.25, -0.2) is 0 Å². The van der Waals surface area contributed by atoms with E-state index in [1.165, 1.54) is 7.11 Å². The molecule has 0 saturated heterocycles. The van der Waals surface area contributed by atoms with Gasteiger partial charge < -0.3 is 14.8 Å². The molecule has 78 valence electrons. The largest absolute Gasteiger partial charge is 0.469 e. The van der Waals surface area contributed by atoms with Gasteiger partial charge in [0.05, 0.1) is 26.7 Å². The molecule has 0 atom stereocenters. The Balaban J connectivity index is 3.04. The maximum absolute atomic E-state index is 10.6. The molecule has 0 saturated carbocycles. The summed E-state index contributed by atoms with van der Waals surface area (Å²) in [7, 11) is 1.38. The third-order valence-electron chi connectivity index (χ3n) is 1.48. The van der Waals surface area contributed by atoms with E-state index in [2.05, 4.69) is 23.9 Å². The molecule has 0 aliphatic heterocycles. The number of rotatable bonds is 7. The Morgan fingerprint density at radius 1 is 1.38 bits per heavy atom. The third kappa shape index (κ3) is 9.30. The van der Waals surface area contributed by atoms with Gasteiger partial charge in [0.2, 0.25) is 0 Å². The van der Waals surface area contributed by atoms with Crippen LogP contribution in [0.2, 0.25) is 0 Å². The number of carbonyl (C=O) groups excluding carboxylic acids is 1. The van der Waals surface area contributed by atoms with Gasteiger partial charge in [-0.15, -0.1) is 0 Å². The number of esters is 1. The molecule has 4 heteroatoms. The lowest BCUT2D eigenvalue weighted by Crippen LogP contribution is -2.26. The lowest BCUT2D eigenvalue weighted by atomic mass is 10.4. The SMILES string of the molecule is COC(=O)CCOCCNC(C)C. The van der Waals surface area contributed by atoms with Crippen LogP contribution in [0, 0.1) is 0 Å². The molecule has 0 aliphatic carbocycles. The highest BCUT2D eigenvalue weighted by molar-refractivity contribution is 5.69. The maximum Gasteiger partial charge on any atom is 0.307 e. The lowest BCUT2D eigenvalue weighted by molar-refractivity contribution is -0.141. The average Bonchev–Trinajstić information content (AvgIpc) is 2.10. The second kappa shape index (κ2) is 8.01. The van der Waals surface area contributed by atoms with Crippen molar-refractivity contribution in [1.29, 1.82) is 0 Å². The summed E-state index contributed by atoms with van der Waals surface area (Å²) >= 11 is 0. The molecule has 13 heavy (non-hydrogen) atoms. The second-order valence-electron chi connectivity index (χ2n) is 3.05. The summed E-state index contributed by atoms with van der Waals surface area (Å²) in [5.74, 6) is -0.225. The van der Waals surface area contributed by atoms with Crippen LogP contribution in [0.25, 0.3) is 0 Å². The first-order valence-corrected chi connectivity index (χ1v) is 4.54. The van der Waals surface area contributed by atoms with Gasteiger partial charge >= 0.3 is 5.97 Å². The molecule has 0 amide bonds. The van der Waals surface area contributed by atoms with E-state index in [0.29, 0.717) is 25.7 Å². The molecule has 1 N–H and O–H groups in total. The minimum Gasteiger partial charge on any atom is -0.469 e. The zero-order valence-electron chi connectivity index (χ0n) is 8.63. The van der Waals surface area contributed by atoms with Crippen LogP contribution in [0.15, 0.2) is 0 Å². The smallest absolute Gasteiger partial charge is 0.307 e. The van der Waals surface area contributed by atoms with E-state index < -0.39 is 0 Å². The predicted molar refractivity (Wildman–Crippen MR) is 50.6 cm³/mol. The van der Waals surface area contributed by atoms with Crippen molar-refractivity contribution in [2.75, 3.05) is 26.9 Å². The van der Waals surface area contributed by atoms with Gasteiger partial charge in [0.15, 0.2) is 0 Å². The molecule has 0 fully saturated rings. The van der Waals surface area contributed by atoms with Crippen LogP contribution in [0.1, 0.15) is 20.3 Å². The molecule has 0 heterocycles. The third-order valence-corrected chi connectivity index (χ3v) is 1.48. The monoisotopic (exact) mass is 189 g/mol. The normalized spacial score (nSPS) is 10.5. The van der Waals surface area contributed by atoms with Crippen LogP contribution in [-0.4, -0.2) is 38.9 Å². The fraction of sp³-hybridized carbons (Fsp3) is 0.889. The van der Waals surface area contributed by atoms with Crippen LogP contribution in [0.3, 0.4) is 0 Å². The van der Waals surface area contributed by atoms with Crippen molar-refractivity contribution in [2.24, 2.45) is 0 Å². The highest BCUT2D eigenvalue weighted by atomic mass is 16.5. The van der Waals surface area contributed by atoms with Gasteiger partial charge in [0, 0.05) is 12.6 Å². The molecule has 0 rings (SSSR count). The first kappa shape index (κ1) is 12.4. The molecule has 0 spiro atoms. The van der Waals surface area contributed by atoms with E-state index in [9.17, 15) is 4.79 Å². The fourth-order valence-corrected chi connectivity index (χ4v) is 0.779. The predicted octanol–water partition coefficient (Wildman–Crippen LogP) is 0.564. The second-order valence-corrected chi connectivity index (χ2v) is 3.05. The van der Waals surface area contributed by atoms with Gasteiger partial charge in [0.25, 0.3) is 0 Å². The van der Waals surface area contributed by atoms with Crippen molar-refractivity contribution in [1.82, 2.24) is 5.32 Å². The zero-order chi connectivity index (χ0) is 10.1. The van der Waals surface area contributed by atoms with E-state index in [-0.39, 0.29) is 5.97 Å². The highest BCUT2D eigenvalue weighted by Crippen LogP contribution is 1.85. The van der Waals surface area contributed by atoms with E-state index >= 15 is 0 Å². The summed E-state index contributed by atoms with van der Waals surface area (Å²) in [5, 5.41) is 3.21. The van der Waals surface area contributed by atoms with E-state index in [1.807, 2.05) is 0 Å². The quantitative estimate of drug-likeness (QED) is 0.469. The molecule has 0 aromatic carbocycles. The summed E-state index contributed by atoms with van der Waals surface area (Å²) in [6, 6.07) is 0.476. The summed E-state index contributed by atoms with van der Waals surface area (Å²) < 4.78 is 9.65. The molecule has 0 aliphatic rings. The van der Waals surface area contributed by atoms with E-state index in [0.717, 1.165) is 6.54 Å². The number of hydrogen-bond donors (Lipinski definition) is 1. The Hall–Kier alpha value is -0.610. The van der Waals surface area contributed by atoms with Crippen LogP contribution in [0.4, 0.5) is 0 Å². The van der Waals surface area contributed by atoms with Crippen LogP contribution in [-0.2, 0) is 14.3 Å². The average molecular weight is 189 g/mol. The molecule has 4 nitrogen and oxygen atoms in total. The van der Waals surface area contributed by atoms with Crippen molar-refractivity contribution in [3.63, 3.8) is 0 Å². The van der Waals surface area contributed by atoms with Gasteiger partial charge in [-0.1, -0.05) is 13.8 Å². The van der Waals surface area contributed by atoms with Gasteiger partial charge in [-0.05, 0) is 0 Å². The van der Waals surface area contributed by atoms with Crippen molar-refractivity contribution in [3.8, 4) is 0 Å². The molecular weight excluding hydrogens is 170 g/mol. The Labute approximate surface area is 79.6 Å². The fourth-order valence-electron chi connectivity index (χ4n) is 0.779. The topological polar surface area (TPSA) is 47.6 Å². The number of methoxy groups -OCH3 is 1. The molecular formula is C9H19NO3. The first-order chi connectivity index (χ1) is 6.16. The number of carbonyl (C=O) groups is 1. The number of ether oxygens (including phenoxy) is 2. The van der Waals surface area contributed by atoms with Crippen molar-refractivity contribution in [2.45, 2.75) is 26.3 Å². The van der Waals surface area contributed by atoms with Crippen LogP contribution >= 0.6 is 0 Å². The summed E-state index contributed by atoms with van der Waals surface area (Å²) in [4.78, 5) is 10.6. The van der Waals surface area contributed by atoms with Crippen molar-refractivity contribution in [3.05, 3.63) is 0 Å². The lowest BCUT2D eigenvalue weighted by Gasteiger charge is -2.07. The van der Waals surface area contributed by atoms with Crippen LogP contribution < -0.4 is 5.32 Å². The molecule has 0 aromatic heterocycles. The van der Waals surface area contributed by atoms with Crippen LogP contribution in [0.5, 0.6) is 0 Å². The minimum atomic E-state index is -0.225. The summed E-state index contributed by atoms with van der Waals surface area (Å²) in [5.41, 5.74) is 0. The molecule has 0 aromatic rings. The van der Waals surface area contributed by atoms with Gasteiger partial charge in [-0.2, -0.15) is 0 Å². The number of nitrogens with one attached hydrogen (secondary N) is 1. The Kier molecular flexibility index (Phi) is 7.63. The summed E-state index contributed by atoms with van der Waals surface area (Å²) in [6.07, 6.45) is 0.332. The number of hydrogen-bond acceptors (Lipinski definition) is 4. The highest BCUT2D eigenvalue weighted by Gasteiger charge is 1.98. The van der Waals surface area contributed by atoms with E-state index in [4.69, 9.17) is 4.74 Å². The maximum atomic E-state index is 10.6. The Bertz CT molecular complexity index is 137. The Morgan fingerprint density at radius 2 is 2.08 bits per heavy atom. The Morgan fingerprint density at radius 3 is 2.62 bits per heavy atom. The van der Waals surface area contributed by atoms with Crippen molar-refractivity contribution >= 4 is 5.97 Å². The minimum absolute atomic E-state index is 0.225. The summed E-state index contributed by atoms with van der Waals surface area (Å²) in [6.45, 7) is 6.04. The molecule has 0 radical (unpaired) electrons. The van der Waals surface area contributed by atoms with E-state index in [1.54, 1.807) is 0 Å². The van der Waals surface area contributed by atoms with Gasteiger partial charge in [-0.3, -0.25) is 4.79 Å². The standard InChI is InChI=1S/C9H19NO3/c1-8(2)10-5-7-13-6-4-9(11)12-3/h8,10H,4-7H2,1-3H3. The van der Waals surface area contributed by atoms with Gasteiger partial charge in [0.1, 0.15) is 0 Å². The van der Waals surface area contributed by atoms with Crippen molar-refractivity contribution < 1.29 is 14.3 Å². The molecule has 0 unspecified atom stereocenters. The first-order valence-electron chi connectivity index (χ1n) is 4.54.